The van der Waals surface area contributed by atoms with Crippen molar-refractivity contribution in [2.24, 2.45) is 5.73 Å². The van der Waals surface area contributed by atoms with Crippen molar-refractivity contribution in [3.05, 3.63) is 81.4 Å². The number of rotatable bonds is 6. The first-order valence-electron chi connectivity index (χ1n) is 10.5. The number of methoxy groups -OCH3 is 2. The van der Waals surface area contributed by atoms with Crippen molar-refractivity contribution in [3.63, 3.8) is 0 Å². The second kappa shape index (κ2) is 9.58. The average molecular weight is 470 g/mol. The Bertz CT molecular complexity index is 1170. The SMILES string of the molecule is COC(=O)C1=C(N)OC2=C(C(=O)CCC2)[C@H]1c1ccc(OC)c(COc2cccc(Cl)c2)c1. The van der Waals surface area contributed by atoms with Crippen LogP contribution in [0.5, 0.6) is 11.5 Å². The minimum Gasteiger partial charge on any atom is -0.496 e. The first kappa shape index (κ1) is 22.7. The Hall–Kier alpha value is -3.45. The molecule has 1 aliphatic heterocycles. The van der Waals surface area contributed by atoms with Gasteiger partial charge < -0.3 is 24.7 Å². The van der Waals surface area contributed by atoms with Gasteiger partial charge in [-0.2, -0.15) is 0 Å². The van der Waals surface area contributed by atoms with Gasteiger partial charge in [-0.15, -0.1) is 0 Å². The lowest BCUT2D eigenvalue weighted by Crippen LogP contribution is -2.31. The molecule has 2 aromatic rings. The molecule has 172 valence electrons. The van der Waals surface area contributed by atoms with E-state index in [1.807, 2.05) is 6.07 Å². The van der Waals surface area contributed by atoms with Crippen LogP contribution in [0.3, 0.4) is 0 Å². The quantitative estimate of drug-likeness (QED) is 0.626. The molecule has 0 amide bonds. The largest absolute Gasteiger partial charge is 0.496 e. The van der Waals surface area contributed by atoms with E-state index < -0.39 is 11.9 Å². The van der Waals surface area contributed by atoms with E-state index in [2.05, 4.69) is 0 Å². The van der Waals surface area contributed by atoms with Crippen LogP contribution in [-0.4, -0.2) is 26.0 Å². The van der Waals surface area contributed by atoms with Gasteiger partial charge >= 0.3 is 5.97 Å². The Morgan fingerprint density at radius 2 is 2.00 bits per heavy atom. The first-order chi connectivity index (χ1) is 15.9. The fraction of sp³-hybridized carbons (Fsp3) is 0.280. The zero-order valence-electron chi connectivity index (χ0n) is 18.4. The smallest absolute Gasteiger partial charge is 0.340 e. The molecule has 0 bridgehead atoms. The summed E-state index contributed by atoms with van der Waals surface area (Å²) in [5.41, 5.74) is 8.11. The highest BCUT2D eigenvalue weighted by molar-refractivity contribution is 6.30. The van der Waals surface area contributed by atoms with Crippen LogP contribution in [-0.2, 0) is 25.7 Å². The molecule has 1 atom stereocenters. The number of esters is 1. The third kappa shape index (κ3) is 4.54. The summed E-state index contributed by atoms with van der Waals surface area (Å²) in [5.74, 6) is 0.255. The van der Waals surface area contributed by atoms with Crippen LogP contribution < -0.4 is 15.2 Å². The van der Waals surface area contributed by atoms with E-state index in [9.17, 15) is 9.59 Å². The average Bonchev–Trinajstić information content (AvgIpc) is 2.81. The van der Waals surface area contributed by atoms with Crippen molar-refractivity contribution in [1.29, 1.82) is 0 Å². The summed E-state index contributed by atoms with van der Waals surface area (Å²) >= 11 is 6.05. The Kier molecular flexibility index (Phi) is 6.60. The lowest BCUT2D eigenvalue weighted by Gasteiger charge is -2.32. The van der Waals surface area contributed by atoms with Gasteiger partial charge in [0, 0.05) is 29.0 Å². The number of hydrogen-bond donors (Lipinski definition) is 1. The molecular weight excluding hydrogens is 446 g/mol. The van der Waals surface area contributed by atoms with Gasteiger partial charge in [-0.25, -0.2) is 4.79 Å². The van der Waals surface area contributed by atoms with Gasteiger partial charge in [-0.1, -0.05) is 23.7 Å². The molecule has 7 nitrogen and oxygen atoms in total. The van der Waals surface area contributed by atoms with Crippen molar-refractivity contribution >= 4 is 23.4 Å². The van der Waals surface area contributed by atoms with Gasteiger partial charge in [0.15, 0.2) is 5.78 Å². The molecular formula is C25H24ClNO6. The number of Topliss-reactive ketones (excluding diaryl/α,β-unsaturated/α-hetero) is 1. The maximum atomic E-state index is 12.9. The van der Waals surface area contributed by atoms with Crippen LogP contribution in [0.25, 0.3) is 0 Å². The summed E-state index contributed by atoms with van der Waals surface area (Å²) in [6, 6.07) is 12.5. The van der Waals surface area contributed by atoms with E-state index in [0.29, 0.717) is 52.7 Å². The molecule has 2 aromatic carbocycles. The van der Waals surface area contributed by atoms with Crippen LogP contribution in [0, 0.1) is 0 Å². The summed E-state index contributed by atoms with van der Waals surface area (Å²) in [5, 5.41) is 0.564. The summed E-state index contributed by atoms with van der Waals surface area (Å²) in [7, 11) is 2.83. The first-order valence-corrected chi connectivity index (χ1v) is 10.9. The lowest BCUT2D eigenvalue weighted by atomic mass is 9.77. The standard InChI is InChI=1S/C25H24ClNO6/c1-30-19-10-9-14(11-15(19)13-32-17-6-3-5-16(26)12-17)21-22-18(28)7-4-8-20(22)33-24(27)23(21)25(29)31-2/h3,5-6,9-12,21H,4,7-8,13,27H2,1-2H3/t21-/m1/s1. The number of halogens is 1. The summed E-state index contributed by atoms with van der Waals surface area (Å²) in [4.78, 5) is 25.6. The highest BCUT2D eigenvalue weighted by atomic mass is 35.5. The Morgan fingerprint density at radius 3 is 2.73 bits per heavy atom. The van der Waals surface area contributed by atoms with E-state index in [1.165, 1.54) is 7.11 Å². The van der Waals surface area contributed by atoms with Crippen molar-refractivity contribution in [3.8, 4) is 11.5 Å². The molecule has 1 aliphatic carbocycles. The predicted octanol–water partition coefficient (Wildman–Crippen LogP) is 4.39. The molecule has 0 spiro atoms. The van der Waals surface area contributed by atoms with Crippen LogP contribution in [0.2, 0.25) is 5.02 Å². The van der Waals surface area contributed by atoms with Gasteiger partial charge in [0.25, 0.3) is 0 Å². The molecule has 0 fully saturated rings. The molecule has 4 rings (SSSR count). The highest BCUT2D eigenvalue weighted by Crippen LogP contribution is 2.44. The lowest BCUT2D eigenvalue weighted by molar-refractivity contribution is -0.136. The number of carbonyl (C=O) groups is 2. The molecule has 0 aromatic heterocycles. The van der Waals surface area contributed by atoms with Crippen LogP contribution in [0.1, 0.15) is 36.3 Å². The minimum absolute atomic E-state index is 0.0483. The minimum atomic E-state index is -0.704. The number of nitrogens with two attached hydrogens (primary N) is 1. The number of allylic oxidation sites excluding steroid dienone is 2. The summed E-state index contributed by atoms with van der Waals surface area (Å²) in [6.45, 7) is 0.188. The van der Waals surface area contributed by atoms with E-state index >= 15 is 0 Å². The Morgan fingerprint density at radius 1 is 1.18 bits per heavy atom. The zero-order chi connectivity index (χ0) is 23.5. The van der Waals surface area contributed by atoms with Gasteiger partial charge in [0.05, 0.1) is 20.1 Å². The van der Waals surface area contributed by atoms with E-state index in [4.69, 9.17) is 36.3 Å². The zero-order valence-corrected chi connectivity index (χ0v) is 19.1. The third-order valence-electron chi connectivity index (χ3n) is 5.72. The second-order valence-corrected chi connectivity index (χ2v) is 8.17. The van der Waals surface area contributed by atoms with Gasteiger partial charge in [-0.05, 0) is 42.3 Å². The maximum Gasteiger partial charge on any atom is 0.340 e. The molecule has 33 heavy (non-hydrogen) atoms. The number of ether oxygens (including phenoxy) is 4. The molecule has 0 radical (unpaired) electrons. The normalized spacial score (nSPS) is 17.9. The van der Waals surface area contributed by atoms with Gasteiger partial charge in [-0.3, -0.25) is 4.79 Å². The van der Waals surface area contributed by atoms with Gasteiger partial charge in [0.1, 0.15) is 29.4 Å². The molecule has 0 saturated carbocycles. The summed E-state index contributed by atoms with van der Waals surface area (Å²) in [6.07, 6.45) is 1.63. The number of ketones is 1. The van der Waals surface area contributed by atoms with Crippen molar-refractivity contribution < 1.29 is 28.5 Å². The topological polar surface area (TPSA) is 97.1 Å². The van der Waals surface area contributed by atoms with E-state index in [0.717, 1.165) is 5.56 Å². The van der Waals surface area contributed by atoms with Crippen molar-refractivity contribution in [2.45, 2.75) is 31.8 Å². The number of carbonyl (C=O) groups excluding carboxylic acids is 2. The van der Waals surface area contributed by atoms with Crippen molar-refractivity contribution in [2.75, 3.05) is 14.2 Å². The highest BCUT2D eigenvalue weighted by Gasteiger charge is 2.41. The molecule has 1 heterocycles. The monoisotopic (exact) mass is 469 g/mol. The molecule has 2 N–H and O–H groups in total. The molecule has 0 unspecified atom stereocenters. The van der Waals surface area contributed by atoms with Crippen molar-refractivity contribution in [1.82, 2.24) is 0 Å². The van der Waals surface area contributed by atoms with Crippen LogP contribution in [0.4, 0.5) is 0 Å². The number of hydrogen-bond acceptors (Lipinski definition) is 7. The maximum absolute atomic E-state index is 12.9. The van der Waals surface area contributed by atoms with E-state index in [1.54, 1.807) is 43.5 Å². The van der Waals surface area contributed by atoms with Gasteiger partial charge in [0.2, 0.25) is 5.88 Å². The molecule has 0 saturated heterocycles. The third-order valence-corrected chi connectivity index (χ3v) is 5.95. The fourth-order valence-electron chi connectivity index (χ4n) is 4.21. The molecule has 2 aliphatic rings. The van der Waals surface area contributed by atoms with E-state index in [-0.39, 0.29) is 23.8 Å². The Balaban J connectivity index is 1.76. The fourth-order valence-corrected chi connectivity index (χ4v) is 4.39. The summed E-state index contributed by atoms with van der Waals surface area (Å²) < 4.78 is 22.1. The molecule has 8 heteroatoms. The Labute approximate surface area is 196 Å². The predicted molar refractivity (Wildman–Crippen MR) is 122 cm³/mol. The second-order valence-electron chi connectivity index (χ2n) is 7.74. The number of benzene rings is 2. The van der Waals surface area contributed by atoms with Crippen LogP contribution >= 0.6 is 11.6 Å². The van der Waals surface area contributed by atoms with Crippen LogP contribution in [0.15, 0.2) is 65.3 Å².